The maximum absolute atomic E-state index is 12.1. The van der Waals surface area contributed by atoms with Gasteiger partial charge in [0.15, 0.2) is 0 Å². The summed E-state index contributed by atoms with van der Waals surface area (Å²) in [6, 6.07) is 6.49. The van der Waals surface area contributed by atoms with Crippen LogP contribution in [0.4, 0.5) is 0 Å². The lowest BCUT2D eigenvalue weighted by Gasteiger charge is -2.06. The van der Waals surface area contributed by atoms with Gasteiger partial charge in [0.1, 0.15) is 5.01 Å². The zero-order valence-corrected chi connectivity index (χ0v) is 12.9. The van der Waals surface area contributed by atoms with Gasteiger partial charge in [-0.1, -0.05) is 24.4 Å². The van der Waals surface area contributed by atoms with E-state index in [1.165, 1.54) is 23.5 Å². The van der Waals surface area contributed by atoms with Crippen molar-refractivity contribution in [2.45, 2.75) is 17.9 Å². The number of sulfonamides is 1. The van der Waals surface area contributed by atoms with Crippen LogP contribution in [0.5, 0.6) is 0 Å². The highest BCUT2D eigenvalue weighted by molar-refractivity contribution is 7.89. The molecular formula is C12H13N3O2S3. The largest absolute Gasteiger partial charge is 0.393 e. The van der Waals surface area contributed by atoms with Gasteiger partial charge in [0, 0.05) is 18.0 Å². The molecule has 0 atom stereocenters. The van der Waals surface area contributed by atoms with Crippen molar-refractivity contribution in [2.75, 3.05) is 0 Å². The van der Waals surface area contributed by atoms with Gasteiger partial charge in [0.2, 0.25) is 10.0 Å². The van der Waals surface area contributed by atoms with E-state index in [0.29, 0.717) is 11.4 Å². The normalized spacial score (nSPS) is 11.4. The SMILES string of the molecule is NC(=S)Cc1ccc(S(=O)(=O)NCc2nccs2)cc1. The molecule has 0 aliphatic heterocycles. The van der Waals surface area contributed by atoms with E-state index in [2.05, 4.69) is 9.71 Å². The Morgan fingerprint density at radius 2 is 2.05 bits per heavy atom. The fourth-order valence-electron chi connectivity index (χ4n) is 1.57. The summed E-state index contributed by atoms with van der Waals surface area (Å²) in [5, 5.41) is 2.52. The molecule has 0 aliphatic carbocycles. The van der Waals surface area contributed by atoms with Crippen LogP contribution >= 0.6 is 23.6 Å². The average Bonchev–Trinajstić information content (AvgIpc) is 2.89. The Bertz CT molecular complexity index is 679. The summed E-state index contributed by atoms with van der Waals surface area (Å²) in [6.07, 6.45) is 2.10. The third kappa shape index (κ3) is 4.07. The highest BCUT2D eigenvalue weighted by Gasteiger charge is 2.14. The zero-order valence-electron chi connectivity index (χ0n) is 10.4. The number of hydrogen-bond acceptors (Lipinski definition) is 5. The van der Waals surface area contributed by atoms with E-state index < -0.39 is 10.0 Å². The maximum Gasteiger partial charge on any atom is 0.240 e. The summed E-state index contributed by atoms with van der Waals surface area (Å²) in [4.78, 5) is 4.61. The van der Waals surface area contributed by atoms with Gasteiger partial charge in [-0.25, -0.2) is 18.1 Å². The molecule has 1 aromatic carbocycles. The van der Waals surface area contributed by atoms with Crippen molar-refractivity contribution in [3.63, 3.8) is 0 Å². The molecule has 0 spiro atoms. The Hall–Kier alpha value is -1.35. The minimum absolute atomic E-state index is 0.189. The fraction of sp³-hybridized carbons (Fsp3) is 0.167. The maximum atomic E-state index is 12.1. The van der Waals surface area contributed by atoms with Crippen LogP contribution in [0.15, 0.2) is 40.7 Å². The van der Waals surface area contributed by atoms with Gasteiger partial charge in [-0.3, -0.25) is 0 Å². The molecule has 0 bridgehead atoms. The van der Waals surface area contributed by atoms with Crippen LogP contribution in [-0.2, 0) is 23.0 Å². The summed E-state index contributed by atoms with van der Waals surface area (Å²) in [5.74, 6) is 0. The highest BCUT2D eigenvalue weighted by Crippen LogP contribution is 2.12. The van der Waals surface area contributed by atoms with Crippen LogP contribution in [0.2, 0.25) is 0 Å². The van der Waals surface area contributed by atoms with Gasteiger partial charge in [-0.05, 0) is 17.7 Å². The van der Waals surface area contributed by atoms with E-state index in [-0.39, 0.29) is 11.4 Å². The van der Waals surface area contributed by atoms with Gasteiger partial charge in [0.25, 0.3) is 0 Å². The number of nitrogens with two attached hydrogens (primary N) is 1. The molecule has 0 radical (unpaired) electrons. The molecule has 0 unspecified atom stereocenters. The van der Waals surface area contributed by atoms with Crippen molar-refractivity contribution in [2.24, 2.45) is 5.73 Å². The summed E-state index contributed by atoms with van der Waals surface area (Å²) >= 11 is 6.21. The van der Waals surface area contributed by atoms with Crippen LogP contribution in [0.1, 0.15) is 10.6 Å². The second kappa shape index (κ2) is 6.40. The number of thiazole rings is 1. The molecule has 0 saturated heterocycles. The van der Waals surface area contributed by atoms with Gasteiger partial charge < -0.3 is 5.73 Å². The molecule has 0 saturated carbocycles. The van der Waals surface area contributed by atoms with Crippen molar-refractivity contribution in [3.8, 4) is 0 Å². The second-order valence-electron chi connectivity index (χ2n) is 4.04. The molecule has 5 nitrogen and oxygen atoms in total. The topological polar surface area (TPSA) is 85.1 Å². The molecule has 0 amide bonds. The molecule has 3 N–H and O–H groups in total. The Morgan fingerprint density at radius 1 is 1.35 bits per heavy atom. The first-order valence-corrected chi connectivity index (χ1v) is 8.50. The first kappa shape index (κ1) is 15.0. The number of rotatable bonds is 6. The molecule has 0 aliphatic rings. The lowest BCUT2D eigenvalue weighted by Crippen LogP contribution is -2.23. The first-order chi connectivity index (χ1) is 9.47. The van der Waals surface area contributed by atoms with E-state index in [1.807, 2.05) is 0 Å². The Labute approximate surface area is 126 Å². The van der Waals surface area contributed by atoms with E-state index >= 15 is 0 Å². The Balaban J connectivity index is 2.07. The van der Waals surface area contributed by atoms with Gasteiger partial charge in [0.05, 0.1) is 16.4 Å². The fourth-order valence-corrected chi connectivity index (χ4v) is 3.37. The summed E-state index contributed by atoms with van der Waals surface area (Å²) in [6.45, 7) is 0.189. The van der Waals surface area contributed by atoms with E-state index in [1.54, 1.807) is 23.7 Å². The minimum Gasteiger partial charge on any atom is -0.393 e. The predicted octanol–water partition coefficient (Wildman–Crippen LogP) is 1.45. The van der Waals surface area contributed by atoms with Crippen molar-refractivity contribution < 1.29 is 8.42 Å². The quantitative estimate of drug-likeness (QED) is 0.785. The van der Waals surface area contributed by atoms with Crippen LogP contribution in [0, 0.1) is 0 Å². The third-order valence-corrected chi connectivity index (χ3v) is 4.85. The van der Waals surface area contributed by atoms with E-state index in [0.717, 1.165) is 10.6 Å². The number of nitrogens with one attached hydrogen (secondary N) is 1. The highest BCUT2D eigenvalue weighted by atomic mass is 32.2. The van der Waals surface area contributed by atoms with E-state index in [4.69, 9.17) is 18.0 Å². The third-order valence-electron chi connectivity index (χ3n) is 2.51. The minimum atomic E-state index is -3.53. The number of thiocarbonyl (C=S) groups is 1. The lowest BCUT2D eigenvalue weighted by molar-refractivity contribution is 0.581. The summed E-state index contributed by atoms with van der Waals surface area (Å²) in [5.41, 5.74) is 6.33. The van der Waals surface area contributed by atoms with Crippen LogP contribution in [0.3, 0.4) is 0 Å². The lowest BCUT2D eigenvalue weighted by atomic mass is 10.1. The molecular weight excluding hydrogens is 314 g/mol. The molecule has 0 fully saturated rings. The van der Waals surface area contributed by atoms with Gasteiger partial charge in [-0.2, -0.15) is 0 Å². The van der Waals surface area contributed by atoms with Gasteiger partial charge in [-0.15, -0.1) is 11.3 Å². The molecule has 2 rings (SSSR count). The molecule has 20 heavy (non-hydrogen) atoms. The average molecular weight is 327 g/mol. The molecule has 8 heteroatoms. The predicted molar refractivity (Wildman–Crippen MR) is 83.1 cm³/mol. The standard InChI is InChI=1S/C12H13N3O2S3/c13-11(18)7-9-1-3-10(4-2-9)20(16,17)15-8-12-14-5-6-19-12/h1-6,15H,7-8H2,(H2,13,18). The van der Waals surface area contributed by atoms with Crippen molar-refractivity contribution in [1.29, 1.82) is 0 Å². The number of benzene rings is 1. The zero-order chi connectivity index (χ0) is 14.6. The van der Waals surface area contributed by atoms with E-state index in [9.17, 15) is 8.42 Å². The Morgan fingerprint density at radius 3 is 2.60 bits per heavy atom. The first-order valence-electron chi connectivity index (χ1n) is 5.72. The van der Waals surface area contributed by atoms with Gasteiger partial charge >= 0.3 is 0 Å². The second-order valence-corrected chi connectivity index (χ2v) is 7.31. The number of nitrogens with zero attached hydrogens (tertiary/aromatic N) is 1. The van der Waals surface area contributed by atoms with Crippen LogP contribution in [0.25, 0.3) is 0 Å². The molecule has 2 aromatic rings. The van der Waals surface area contributed by atoms with Crippen molar-refractivity contribution >= 4 is 38.6 Å². The van der Waals surface area contributed by atoms with Crippen LogP contribution in [-0.4, -0.2) is 18.4 Å². The number of hydrogen-bond donors (Lipinski definition) is 2. The Kier molecular flexibility index (Phi) is 4.81. The van der Waals surface area contributed by atoms with Crippen molar-refractivity contribution in [3.05, 3.63) is 46.4 Å². The molecule has 1 aromatic heterocycles. The monoisotopic (exact) mass is 327 g/mol. The van der Waals surface area contributed by atoms with Crippen LogP contribution < -0.4 is 10.5 Å². The molecule has 106 valence electrons. The summed E-state index contributed by atoms with van der Waals surface area (Å²) < 4.78 is 26.7. The summed E-state index contributed by atoms with van der Waals surface area (Å²) in [7, 11) is -3.53. The number of aromatic nitrogens is 1. The molecule has 1 heterocycles. The smallest absolute Gasteiger partial charge is 0.240 e. The van der Waals surface area contributed by atoms with Crippen molar-refractivity contribution in [1.82, 2.24) is 9.71 Å².